The smallest absolute Gasteiger partial charge is 0.414 e. The van der Waals surface area contributed by atoms with Gasteiger partial charge in [0.25, 0.3) is 5.91 Å². The van der Waals surface area contributed by atoms with Gasteiger partial charge in [0.05, 0.1) is 19.2 Å². The number of urea groups is 1. The zero-order valence-electron chi connectivity index (χ0n) is 25.0. The van der Waals surface area contributed by atoms with Crippen molar-refractivity contribution in [2.24, 2.45) is 0 Å². The van der Waals surface area contributed by atoms with E-state index in [1.807, 2.05) is 25.1 Å². The number of methoxy groups -OCH3 is 1. The van der Waals surface area contributed by atoms with Crippen molar-refractivity contribution >= 4 is 45.7 Å². The fourth-order valence-electron chi connectivity index (χ4n) is 4.40. The standard InChI is InChI=1S/C32H33F2N5O4S/c1-37(2)18-24-27(29(40)35-21-10-7-6-8-11-21)30(39(32(42)43-5)19-23-25(33)12-9-13-26(23)34)44-28(24)20-14-16-22(17-15-20)36-31(41)38(3)4/h6-17H,18-19H2,1-5H3,(H,35,40)(H,36,41). The summed E-state index contributed by atoms with van der Waals surface area (Å²) in [7, 11) is 8.10. The number of para-hydroxylation sites is 1. The van der Waals surface area contributed by atoms with Crippen LogP contribution in [-0.4, -0.2) is 63.1 Å². The number of carbonyl (C=O) groups excluding carboxylic acids is 3. The average Bonchev–Trinajstić information content (AvgIpc) is 3.35. The highest BCUT2D eigenvalue weighted by Crippen LogP contribution is 2.44. The quantitative estimate of drug-likeness (QED) is 0.213. The molecule has 0 spiro atoms. The maximum absolute atomic E-state index is 14.8. The summed E-state index contributed by atoms with van der Waals surface area (Å²) >= 11 is 1.12. The third kappa shape index (κ3) is 7.39. The van der Waals surface area contributed by atoms with Crippen molar-refractivity contribution in [1.29, 1.82) is 0 Å². The van der Waals surface area contributed by atoms with Crippen LogP contribution in [0.25, 0.3) is 10.4 Å². The zero-order chi connectivity index (χ0) is 32.0. The maximum atomic E-state index is 14.8. The molecule has 0 radical (unpaired) electrons. The molecule has 4 aromatic rings. The molecule has 0 bridgehead atoms. The molecule has 2 N–H and O–H groups in total. The van der Waals surface area contributed by atoms with E-state index in [0.29, 0.717) is 33.9 Å². The van der Waals surface area contributed by atoms with Gasteiger partial charge in [-0.15, -0.1) is 11.3 Å². The third-order valence-corrected chi connectivity index (χ3v) is 7.85. The Bertz CT molecular complexity index is 1620. The highest BCUT2D eigenvalue weighted by Gasteiger charge is 2.32. The van der Waals surface area contributed by atoms with Gasteiger partial charge in [0.1, 0.15) is 16.6 Å². The van der Waals surface area contributed by atoms with Crippen molar-refractivity contribution < 1.29 is 27.9 Å². The summed E-state index contributed by atoms with van der Waals surface area (Å²) in [6, 6.07) is 19.0. The molecule has 3 aromatic carbocycles. The maximum Gasteiger partial charge on any atom is 0.414 e. The third-order valence-electron chi connectivity index (χ3n) is 6.54. The highest BCUT2D eigenvalue weighted by atomic mass is 32.1. The average molecular weight is 622 g/mol. The normalized spacial score (nSPS) is 10.8. The van der Waals surface area contributed by atoms with Crippen LogP contribution in [0.3, 0.4) is 0 Å². The Morgan fingerprint density at radius 2 is 1.39 bits per heavy atom. The Labute approximate surface area is 258 Å². The summed E-state index contributed by atoms with van der Waals surface area (Å²) in [4.78, 5) is 44.4. The molecule has 0 unspecified atom stereocenters. The van der Waals surface area contributed by atoms with E-state index >= 15 is 0 Å². The van der Waals surface area contributed by atoms with Crippen molar-refractivity contribution in [2.45, 2.75) is 13.1 Å². The van der Waals surface area contributed by atoms with Gasteiger partial charge in [-0.25, -0.2) is 18.4 Å². The molecule has 0 saturated heterocycles. The monoisotopic (exact) mass is 621 g/mol. The summed E-state index contributed by atoms with van der Waals surface area (Å²) in [6.07, 6.45) is -0.896. The van der Waals surface area contributed by atoms with E-state index in [1.165, 1.54) is 11.0 Å². The molecular weight excluding hydrogens is 588 g/mol. The number of thiophene rings is 1. The lowest BCUT2D eigenvalue weighted by Gasteiger charge is -2.22. The molecule has 4 rings (SSSR count). The van der Waals surface area contributed by atoms with Crippen LogP contribution in [-0.2, 0) is 17.8 Å². The van der Waals surface area contributed by atoms with Crippen molar-refractivity contribution in [3.63, 3.8) is 0 Å². The van der Waals surface area contributed by atoms with E-state index in [4.69, 9.17) is 4.74 Å². The Morgan fingerprint density at radius 3 is 1.95 bits per heavy atom. The second-order valence-electron chi connectivity index (χ2n) is 10.3. The molecule has 1 heterocycles. The number of hydrogen-bond acceptors (Lipinski definition) is 6. The van der Waals surface area contributed by atoms with E-state index in [-0.39, 0.29) is 22.2 Å². The highest BCUT2D eigenvalue weighted by molar-refractivity contribution is 7.20. The summed E-state index contributed by atoms with van der Waals surface area (Å²) in [5.41, 5.74) is 2.20. The fourth-order valence-corrected chi connectivity index (χ4v) is 5.71. The van der Waals surface area contributed by atoms with Crippen molar-refractivity contribution in [3.05, 3.63) is 101 Å². The molecule has 0 aliphatic heterocycles. The minimum Gasteiger partial charge on any atom is -0.452 e. The minimum atomic E-state index is -0.896. The van der Waals surface area contributed by atoms with E-state index < -0.39 is 30.2 Å². The Hall–Kier alpha value is -4.81. The molecule has 44 heavy (non-hydrogen) atoms. The first kappa shape index (κ1) is 32.1. The lowest BCUT2D eigenvalue weighted by molar-refractivity contribution is 0.102. The lowest BCUT2D eigenvalue weighted by Crippen LogP contribution is -2.32. The summed E-state index contributed by atoms with van der Waals surface area (Å²) in [5.74, 6) is -2.19. The van der Waals surface area contributed by atoms with Crippen LogP contribution in [0, 0.1) is 11.6 Å². The zero-order valence-corrected chi connectivity index (χ0v) is 25.8. The van der Waals surface area contributed by atoms with E-state index in [2.05, 4.69) is 10.6 Å². The molecule has 230 valence electrons. The van der Waals surface area contributed by atoms with Crippen molar-refractivity contribution in [3.8, 4) is 10.4 Å². The second-order valence-corrected chi connectivity index (χ2v) is 11.3. The number of hydrogen-bond donors (Lipinski definition) is 2. The Balaban J connectivity index is 1.91. The number of nitrogens with zero attached hydrogens (tertiary/aromatic N) is 3. The van der Waals surface area contributed by atoms with Crippen molar-refractivity contribution in [1.82, 2.24) is 9.80 Å². The number of amides is 4. The van der Waals surface area contributed by atoms with E-state index in [1.54, 1.807) is 62.6 Å². The molecule has 1 aromatic heterocycles. The Morgan fingerprint density at radius 1 is 0.773 bits per heavy atom. The van der Waals surface area contributed by atoms with Gasteiger partial charge in [-0.05, 0) is 61.6 Å². The van der Waals surface area contributed by atoms with Crippen LogP contribution in [0.5, 0.6) is 0 Å². The number of benzene rings is 3. The van der Waals surface area contributed by atoms with Gasteiger partial charge >= 0.3 is 12.1 Å². The first-order valence-electron chi connectivity index (χ1n) is 13.5. The second kappa shape index (κ2) is 14.1. The van der Waals surface area contributed by atoms with E-state index in [9.17, 15) is 23.2 Å². The number of ether oxygens (including phenoxy) is 1. The van der Waals surface area contributed by atoms with Gasteiger partial charge in [-0.3, -0.25) is 9.69 Å². The van der Waals surface area contributed by atoms with Gasteiger partial charge in [-0.2, -0.15) is 0 Å². The predicted octanol–water partition coefficient (Wildman–Crippen LogP) is 6.87. The topological polar surface area (TPSA) is 94.2 Å². The molecule has 0 fully saturated rings. The summed E-state index contributed by atoms with van der Waals surface area (Å²) < 4.78 is 34.7. The molecule has 9 nitrogen and oxygen atoms in total. The molecular formula is C32H33F2N5O4S. The molecule has 0 atom stereocenters. The number of anilines is 3. The molecule has 4 amide bonds. The van der Waals surface area contributed by atoms with Crippen LogP contribution in [0.15, 0.2) is 72.8 Å². The van der Waals surface area contributed by atoms with E-state index in [0.717, 1.165) is 35.5 Å². The van der Waals surface area contributed by atoms with Gasteiger partial charge in [-0.1, -0.05) is 36.4 Å². The summed E-state index contributed by atoms with van der Waals surface area (Å²) in [5, 5.41) is 5.83. The van der Waals surface area contributed by atoms with Crippen molar-refractivity contribution in [2.75, 3.05) is 50.8 Å². The Kier molecular flexibility index (Phi) is 10.3. The summed E-state index contributed by atoms with van der Waals surface area (Å²) in [6.45, 7) is -0.223. The van der Waals surface area contributed by atoms with Crippen LogP contribution in [0.4, 0.5) is 34.7 Å². The molecule has 12 heteroatoms. The largest absolute Gasteiger partial charge is 0.452 e. The molecule has 0 aliphatic carbocycles. The fraction of sp³-hybridized carbons (Fsp3) is 0.219. The molecule has 0 aliphatic rings. The number of carbonyl (C=O) groups is 3. The van der Waals surface area contributed by atoms with Gasteiger partial charge in [0.2, 0.25) is 0 Å². The van der Waals surface area contributed by atoms with Crippen LogP contribution >= 0.6 is 11.3 Å². The first-order valence-corrected chi connectivity index (χ1v) is 14.4. The number of halogens is 2. The minimum absolute atomic E-state index is 0.157. The first-order chi connectivity index (χ1) is 21.0. The SMILES string of the molecule is COC(=O)N(Cc1c(F)cccc1F)c1sc(-c2ccc(NC(=O)N(C)C)cc2)c(CN(C)C)c1C(=O)Nc1ccccc1. The van der Waals surface area contributed by atoms with Gasteiger partial charge in [0, 0.05) is 42.5 Å². The van der Waals surface area contributed by atoms with Gasteiger partial charge in [0.15, 0.2) is 0 Å². The predicted molar refractivity (Wildman–Crippen MR) is 169 cm³/mol. The molecule has 0 saturated carbocycles. The van der Waals surface area contributed by atoms with Crippen LogP contribution in [0.2, 0.25) is 0 Å². The lowest BCUT2D eigenvalue weighted by atomic mass is 10.0. The number of nitrogens with one attached hydrogen (secondary N) is 2. The number of rotatable bonds is 9. The van der Waals surface area contributed by atoms with Crippen LogP contribution < -0.4 is 15.5 Å². The van der Waals surface area contributed by atoms with Crippen LogP contribution in [0.1, 0.15) is 21.5 Å². The van der Waals surface area contributed by atoms with Gasteiger partial charge < -0.3 is 25.2 Å².